The van der Waals surface area contributed by atoms with Crippen LogP contribution in [0.3, 0.4) is 0 Å². The van der Waals surface area contributed by atoms with E-state index in [1.165, 1.54) is 6.07 Å². The Morgan fingerprint density at radius 2 is 2.05 bits per heavy atom. The number of rotatable bonds is 5. The van der Waals surface area contributed by atoms with Crippen molar-refractivity contribution in [3.63, 3.8) is 0 Å². The number of benzene rings is 1. The van der Waals surface area contributed by atoms with Gasteiger partial charge in [0.15, 0.2) is 0 Å². The van der Waals surface area contributed by atoms with Gasteiger partial charge in [0.1, 0.15) is 5.84 Å². The molecule has 1 aliphatic rings. The van der Waals surface area contributed by atoms with Crippen molar-refractivity contribution in [3.8, 4) is 0 Å². The first-order valence-electron chi connectivity index (χ1n) is 6.72. The molecule has 0 amide bonds. The van der Waals surface area contributed by atoms with Crippen LogP contribution in [0.4, 0.5) is 0 Å². The normalized spacial score (nSPS) is 17.6. The first kappa shape index (κ1) is 15.5. The van der Waals surface area contributed by atoms with Crippen molar-refractivity contribution in [1.29, 1.82) is 0 Å². The van der Waals surface area contributed by atoms with Crippen LogP contribution < -0.4 is 4.72 Å². The van der Waals surface area contributed by atoms with Crippen molar-refractivity contribution in [3.05, 3.63) is 29.8 Å². The van der Waals surface area contributed by atoms with Crippen molar-refractivity contribution in [2.45, 2.75) is 25.2 Å². The van der Waals surface area contributed by atoms with Gasteiger partial charge in [-0.15, -0.1) is 0 Å². The summed E-state index contributed by atoms with van der Waals surface area (Å²) in [5, 5.41) is 0. The molecule has 0 bridgehead atoms. The zero-order valence-electron chi connectivity index (χ0n) is 12.0. The molecule has 1 aliphatic heterocycles. The highest BCUT2D eigenvalue weighted by molar-refractivity contribution is 7.90. The van der Waals surface area contributed by atoms with Gasteiger partial charge < -0.3 is 4.74 Å². The Kier molecular flexibility index (Phi) is 4.62. The van der Waals surface area contributed by atoms with E-state index in [9.17, 15) is 13.2 Å². The van der Waals surface area contributed by atoms with Crippen molar-refractivity contribution in [2.24, 2.45) is 10.9 Å². The molecule has 1 heterocycles. The number of esters is 1. The van der Waals surface area contributed by atoms with Gasteiger partial charge in [-0.25, -0.2) is 8.42 Å². The highest BCUT2D eigenvalue weighted by Crippen LogP contribution is 2.22. The van der Waals surface area contributed by atoms with Crippen LogP contribution in [0.5, 0.6) is 0 Å². The average Bonchev–Trinajstić information content (AvgIpc) is 2.69. The van der Waals surface area contributed by atoms with E-state index in [1.807, 2.05) is 13.8 Å². The van der Waals surface area contributed by atoms with Crippen molar-refractivity contribution < 1.29 is 17.9 Å². The number of carbonyl (C=O) groups is 1. The second-order valence-electron chi connectivity index (χ2n) is 5.16. The molecule has 2 rings (SSSR count). The summed E-state index contributed by atoms with van der Waals surface area (Å²) in [6, 6.07) is 6.61. The Morgan fingerprint density at radius 3 is 2.76 bits per heavy atom. The number of nitrogens with one attached hydrogen (secondary N) is 1. The summed E-state index contributed by atoms with van der Waals surface area (Å²) in [5.74, 6) is 0.234. The fraction of sp³-hybridized carbons (Fsp3) is 0.429. The largest absolute Gasteiger partial charge is 0.465 e. The third-order valence-electron chi connectivity index (χ3n) is 2.83. The Hall–Kier alpha value is -1.89. The number of aliphatic imine (C=N–C) groups is 1. The van der Waals surface area contributed by atoms with E-state index in [1.54, 1.807) is 18.2 Å². The van der Waals surface area contributed by atoms with Crippen LogP contribution in [0.15, 0.2) is 34.2 Å². The summed E-state index contributed by atoms with van der Waals surface area (Å²) in [5.41, 5.74) is 0.535. The molecule has 21 heavy (non-hydrogen) atoms. The SMILES string of the molecule is CC(C)COC(=O)CCN=C1NS(=O)(=O)c2ccccc21. The number of ether oxygens (including phenoxy) is 1. The van der Waals surface area contributed by atoms with E-state index in [-0.39, 0.29) is 35.6 Å². The maximum absolute atomic E-state index is 11.9. The summed E-state index contributed by atoms with van der Waals surface area (Å²) in [6.45, 7) is 4.48. The summed E-state index contributed by atoms with van der Waals surface area (Å²) in [7, 11) is -3.52. The number of amidine groups is 1. The maximum Gasteiger partial charge on any atom is 0.307 e. The van der Waals surface area contributed by atoms with Gasteiger partial charge in [0.05, 0.1) is 24.5 Å². The van der Waals surface area contributed by atoms with Crippen LogP contribution in [-0.2, 0) is 19.6 Å². The van der Waals surface area contributed by atoms with Gasteiger partial charge in [-0.3, -0.25) is 14.5 Å². The lowest BCUT2D eigenvalue weighted by molar-refractivity contribution is -0.144. The van der Waals surface area contributed by atoms with E-state index in [0.717, 1.165) is 0 Å². The predicted octanol–water partition coefficient (Wildman–Crippen LogP) is 1.31. The zero-order chi connectivity index (χ0) is 15.5. The maximum atomic E-state index is 11.9. The Morgan fingerprint density at radius 1 is 1.33 bits per heavy atom. The number of carbonyl (C=O) groups excluding carboxylic acids is 1. The fourth-order valence-corrected chi connectivity index (χ4v) is 3.09. The van der Waals surface area contributed by atoms with E-state index in [2.05, 4.69) is 9.71 Å². The van der Waals surface area contributed by atoms with Gasteiger partial charge >= 0.3 is 5.97 Å². The molecule has 1 aromatic rings. The van der Waals surface area contributed by atoms with Gasteiger partial charge in [0.25, 0.3) is 10.0 Å². The second-order valence-corrected chi connectivity index (χ2v) is 6.81. The first-order chi connectivity index (χ1) is 9.90. The summed E-state index contributed by atoms with van der Waals surface area (Å²) in [6.07, 6.45) is 0.125. The molecule has 0 unspecified atom stereocenters. The molecular formula is C14H18N2O4S. The van der Waals surface area contributed by atoms with Crippen molar-refractivity contribution in [1.82, 2.24) is 4.72 Å². The molecule has 0 saturated heterocycles. The quantitative estimate of drug-likeness (QED) is 0.831. The molecule has 1 N–H and O–H groups in total. The molecule has 0 radical (unpaired) electrons. The minimum absolute atomic E-state index is 0.125. The van der Waals surface area contributed by atoms with E-state index in [4.69, 9.17) is 4.74 Å². The topological polar surface area (TPSA) is 84.8 Å². The number of fused-ring (bicyclic) bond motifs is 1. The molecule has 1 aromatic carbocycles. The summed E-state index contributed by atoms with van der Waals surface area (Å²) in [4.78, 5) is 15.8. The highest BCUT2D eigenvalue weighted by Gasteiger charge is 2.29. The van der Waals surface area contributed by atoms with Crippen molar-refractivity contribution >= 4 is 21.8 Å². The van der Waals surface area contributed by atoms with Crippen molar-refractivity contribution in [2.75, 3.05) is 13.2 Å². The van der Waals surface area contributed by atoms with Gasteiger partial charge in [-0.2, -0.15) is 0 Å². The van der Waals surface area contributed by atoms with Gasteiger partial charge in [0, 0.05) is 5.56 Å². The first-order valence-corrected chi connectivity index (χ1v) is 8.21. The predicted molar refractivity (Wildman–Crippen MR) is 78.6 cm³/mol. The van der Waals surface area contributed by atoms with Crippen LogP contribution in [-0.4, -0.2) is 33.4 Å². The Balaban J connectivity index is 1.99. The van der Waals surface area contributed by atoms with Crippen LogP contribution in [0.25, 0.3) is 0 Å². The molecule has 0 aromatic heterocycles. The molecular weight excluding hydrogens is 292 g/mol. The monoisotopic (exact) mass is 310 g/mol. The minimum Gasteiger partial charge on any atom is -0.465 e. The number of hydrogen-bond acceptors (Lipinski definition) is 5. The second kappa shape index (κ2) is 6.26. The van der Waals surface area contributed by atoms with E-state index >= 15 is 0 Å². The summed E-state index contributed by atoms with van der Waals surface area (Å²) >= 11 is 0. The molecule has 114 valence electrons. The molecule has 6 nitrogen and oxygen atoms in total. The number of sulfonamides is 1. The lowest BCUT2D eigenvalue weighted by Crippen LogP contribution is -2.22. The smallest absolute Gasteiger partial charge is 0.307 e. The lowest BCUT2D eigenvalue weighted by atomic mass is 10.2. The minimum atomic E-state index is -3.52. The third kappa shape index (κ3) is 3.81. The van der Waals surface area contributed by atoms with E-state index < -0.39 is 10.0 Å². The van der Waals surface area contributed by atoms with Gasteiger partial charge in [-0.1, -0.05) is 26.0 Å². The highest BCUT2D eigenvalue weighted by atomic mass is 32.2. The molecule has 0 atom stereocenters. The standard InChI is InChI=1S/C14H18N2O4S/c1-10(2)9-20-13(17)7-8-15-14-11-5-3-4-6-12(11)21(18,19)16-14/h3-6,10H,7-9H2,1-2H3,(H,15,16). The molecule has 0 aliphatic carbocycles. The Labute approximate surface area is 124 Å². The molecule has 0 fully saturated rings. The average molecular weight is 310 g/mol. The zero-order valence-corrected chi connectivity index (χ0v) is 12.8. The van der Waals surface area contributed by atoms with Crippen LogP contribution in [0.1, 0.15) is 25.8 Å². The molecule has 7 heteroatoms. The molecule has 0 spiro atoms. The fourth-order valence-electron chi connectivity index (χ4n) is 1.84. The number of nitrogens with zero attached hydrogens (tertiary/aromatic N) is 1. The summed E-state index contributed by atoms with van der Waals surface area (Å²) < 4.78 is 31.1. The van der Waals surface area contributed by atoms with Crippen LogP contribution in [0.2, 0.25) is 0 Å². The number of hydrogen-bond donors (Lipinski definition) is 1. The van der Waals surface area contributed by atoms with E-state index in [0.29, 0.717) is 12.2 Å². The van der Waals surface area contributed by atoms with Gasteiger partial charge in [0.2, 0.25) is 0 Å². The molecule has 0 saturated carbocycles. The lowest BCUT2D eigenvalue weighted by Gasteiger charge is -2.06. The van der Waals surface area contributed by atoms with Crippen LogP contribution >= 0.6 is 0 Å². The van der Waals surface area contributed by atoms with Crippen LogP contribution in [0, 0.1) is 5.92 Å². The van der Waals surface area contributed by atoms with Gasteiger partial charge in [-0.05, 0) is 18.1 Å². The third-order valence-corrected chi connectivity index (χ3v) is 4.22. The Bertz CT molecular complexity index is 665.